The predicted molar refractivity (Wildman–Crippen MR) is 66.4 cm³/mol. The van der Waals surface area contributed by atoms with Crippen LogP contribution in [0.25, 0.3) is 5.70 Å². The number of rotatable bonds is 3. The van der Waals surface area contributed by atoms with Gasteiger partial charge >= 0.3 is 0 Å². The van der Waals surface area contributed by atoms with Gasteiger partial charge in [0, 0.05) is 30.7 Å². The van der Waals surface area contributed by atoms with E-state index in [0.29, 0.717) is 17.7 Å². The summed E-state index contributed by atoms with van der Waals surface area (Å²) in [5.41, 5.74) is 2.24. The molecule has 17 heavy (non-hydrogen) atoms. The summed E-state index contributed by atoms with van der Waals surface area (Å²) in [6, 6.07) is 7.38. The minimum Gasteiger partial charge on any atom is -0.311 e. The first-order valence-corrected chi connectivity index (χ1v) is 5.77. The molecule has 0 spiro atoms. The zero-order chi connectivity index (χ0) is 12.4. The largest absolute Gasteiger partial charge is 0.311 e. The summed E-state index contributed by atoms with van der Waals surface area (Å²) in [5.74, 6) is 0.0231. The van der Waals surface area contributed by atoms with Crippen molar-refractivity contribution in [3.63, 3.8) is 0 Å². The van der Waals surface area contributed by atoms with E-state index in [2.05, 4.69) is 0 Å². The van der Waals surface area contributed by atoms with Crippen LogP contribution in [-0.4, -0.2) is 23.6 Å². The molecule has 0 bridgehead atoms. The van der Waals surface area contributed by atoms with Gasteiger partial charge in [-0.2, -0.15) is 0 Å². The first-order valence-electron chi connectivity index (χ1n) is 5.77. The van der Waals surface area contributed by atoms with E-state index < -0.39 is 0 Å². The highest BCUT2D eigenvalue weighted by atomic mass is 16.2. The van der Waals surface area contributed by atoms with Gasteiger partial charge in [-0.15, -0.1) is 0 Å². The van der Waals surface area contributed by atoms with Crippen LogP contribution in [0.4, 0.5) is 0 Å². The van der Waals surface area contributed by atoms with Crippen LogP contribution in [-0.2, 0) is 4.79 Å². The number of ketones is 1. The SMILES string of the molecule is CCCC(=O)/C=C1/c2ccccc2C(=O)N1C. The number of benzene rings is 1. The van der Waals surface area contributed by atoms with E-state index in [9.17, 15) is 9.59 Å². The Balaban J connectivity index is 2.43. The van der Waals surface area contributed by atoms with Crippen LogP contribution in [0.1, 0.15) is 35.7 Å². The maximum absolute atomic E-state index is 11.9. The smallest absolute Gasteiger partial charge is 0.258 e. The highest BCUT2D eigenvalue weighted by Crippen LogP contribution is 2.31. The number of nitrogens with zero attached hydrogens (tertiary/aromatic N) is 1. The summed E-state index contributed by atoms with van der Waals surface area (Å²) in [5, 5.41) is 0. The van der Waals surface area contributed by atoms with E-state index in [4.69, 9.17) is 0 Å². The molecule has 1 amide bonds. The molecule has 1 aliphatic rings. The van der Waals surface area contributed by atoms with Gasteiger partial charge in [0.05, 0.1) is 5.70 Å². The van der Waals surface area contributed by atoms with Crippen molar-refractivity contribution < 1.29 is 9.59 Å². The number of amides is 1. The zero-order valence-electron chi connectivity index (χ0n) is 10.1. The fraction of sp³-hybridized carbons (Fsp3) is 0.286. The van der Waals surface area contributed by atoms with Gasteiger partial charge in [0.25, 0.3) is 5.91 Å². The fourth-order valence-corrected chi connectivity index (χ4v) is 2.01. The lowest BCUT2D eigenvalue weighted by Gasteiger charge is -2.10. The summed E-state index contributed by atoms with van der Waals surface area (Å²) in [6.45, 7) is 1.97. The van der Waals surface area contributed by atoms with Gasteiger partial charge in [0.1, 0.15) is 0 Å². The molecule has 0 saturated heterocycles. The first-order chi connectivity index (χ1) is 8.15. The molecular weight excluding hydrogens is 214 g/mol. The Kier molecular flexibility index (Phi) is 3.09. The van der Waals surface area contributed by atoms with E-state index >= 15 is 0 Å². The Labute approximate surface area is 101 Å². The molecule has 0 aliphatic carbocycles. The number of allylic oxidation sites excluding steroid dienone is 1. The van der Waals surface area contributed by atoms with Crippen molar-refractivity contribution >= 4 is 17.4 Å². The van der Waals surface area contributed by atoms with Gasteiger partial charge in [-0.05, 0) is 12.5 Å². The van der Waals surface area contributed by atoms with E-state index in [1.165, 1.54) is 4.90 Å². The maximum atomic E-state index is 11.9. The van der Waals surface area contributed by atoms with E-state index in [1.54, 1.807) is 19.2 Å². The summed E-state index contributed by atoms with van der Waals surface area (Å²) < 4.78 is 0. The first kappa shape index (κ1) is 11.6. The molecule has 0 radical (unpaired) electrons. The van der Waals surface area contributed by atoms with Crippen molar-refractivity contribution in [2.75, 3.05) is 7.05 Å². The molecule has 0 unspecified atom stereocenters. The van der Waals surface area contributed by atoms with Crippen LogP contribution >= 0.6 is 0 Å². The van der Waals surface area contributed by atoms with Gasteiger partial charge in [-0.1, -0.05) is 25.1 Å². The highest BCUT2D eigenvalue weighted by Gasteiger charge is 2.29. The van der Waals surface area contributed by atoms with Gasteiger partial charge < -0.3 is 4.90 Å². The van der Waals surface area contributed by atoms with Crippen molar-refractivity contribution in [3.8, 4) is 0 Å². The van der Waals surface area contributed by atoms with E-state index in [-0.39, 0.29) is 11.7 Å². The third-order valence-corrected chi connectivity index (χ3v) is 2.89. The lowest BCUT2D eigenvalue weighted by atomic mass is 10.1. The molecule has 1 heterocycles. The topological polar surface area (TPSA) is 37.4 Å². The molecule has 1 aromatic carbocycles. The Hall–Kier alpha value is -1.90. The summed E-state index contributed by atoms with van der Waals surface area (Å²) in [4.78, 5) is 25.1. The monoisotopic (exact) mass is 229 g/mol. The lowest BCUT2D eigenvalue weighted by molar-refractivity contribution is -0.114. The zero-order valence-corrected chi connectivity index (χ0v) is 10.1. The molecule has 0 aromatic heterocycles. The molecule has 0 N–H and O–H groups in total. The van der Waals surface area contributed by atoms with Crippen LogP contribution < -0.4 is 0 Å². The number of carbonyl (C=O) groups is 2. The average Bonchev–Trinajstić information content (AvgIpc) is 2.56. The van der Waals surface area contributed by atoms with Crippen LogP contribution in [0.15, 0.2) is 30.3 Å². The maximum Gasteiger partial charge on any atom is 0.258 e. The van der Waals surface area contributed by atoms with E-state index in [1.807, 2.05) is 25.1 Å². The molecule has 3 nitrogen and oxygen atoms in total. The molecule has 0 fully saturated rings. The van der Waals surface area contributed by atoms with Crippen LogP contribution in [0, 0.1) is 0 Å². The Morgan fingerprint density at radius 2 is 1.94 bits per heavy atom. The predicted octanol–water partition coefficient (Wildman–Crippen LogP) is 2.48. The van der Waals surface area contributed by atoms with Gasteiger partial charge in [0.15, 0.2) is 5.78 Å². The van der Waals surface area contributed by atoms with Crippen molar-refractivity contribution in [3.05, 3.63) is 41.5 Å². The highest BCUT2D eigenvalue weighted by molar-refractivity contribution is 6.12. The minimum atomic E-state index is -0.0452. The van der Waals surface area contributed by atoms with Crippen molar-refractivity contribution in [2.45, 2.75) is 19.8 Å². The number of fused-ring (bicyclic) bond motifs is 1. The lowest BCUT2D eigenvalue weighted by Crippen LogP contribution is -2.17. The van der Waals surface area contributed by atoms with Crippen molar-refractivity contribution in [1.82, 2.24) is 4.90 Å². The molecule has 3 heteroatoms. The average molecular weight is 229 g/mol. The van der Waals surface area contributed by atoms with Crippen molar-refractivity contribution in [2.24, 2.45) is 0 Å². The third kappa shape index (κ3) is 2.00. The fourth-order valence-electron chi connectivity index (χ4n) is 2.01. The minimum absolute atomic E-state index is 0.0452. The van der Waals surface area contributed by atoms with Gasteiger partial charge in [0.2, 0.25) is 0 Å². The number of carbonyl (C=O) groups excluding carboxylic acids is 2. The molecular formula is C14H15NO2. The quantitative estimate of drug-likeness (QED) is 0.747. The second-order valence-electron chi connectivity index (χ2n) is 4.16. The Morgan fingerprint density at radius 1 is 1.29 bits per heavy atom. The number of hydrogen-bond donors (Lipinski definition) is 0. The van der Waals surface area contributed by atoms with E-state index in [0.717, 1.165) is 12.0 Å². The summed E-state index contributed by atoms with van der Waals surface area (Å²) in [7, 11) is 1.70. The summed E-state index contributed by atoms with van der Waals surface area (Å²) in [6.07, 6.45) is 2.92. The van der Waals surface area contributed by atoms with Crippen LogP contribution in [0.5, 0.6) is 0 Å². The van der Waals surface area contributed by atoms with Crippen molar-refractivity contribution in [1.29, 1.82) is 0 Å². The Bertz CT molecular complexity index is 503. The molecule has 1 aliphatic heterocycles. The second-order valence-corrected chi connectivity index (χ2v) is 4.16. The van der Waals surface area contributed by atoms with Crippen LogP contribution in [0.2, 0.25) is 0 Å². The van der Waals surface area contributed by atoms with Crippen LogP contribution in [0.3, 0.4) is 0 Å². The second kappa shape index (κ2) is 4.53. The number of hydrogen-bond acceptors (Lipinski definition) is 2. The van der Waals surface area contributed by atoms with Gasteiger partial charge in [-0.3, -0.25) is 9.59 Å². The molecule has 0 saturated carbocycles. The normalized spacial score (nSPS) is 16.5. The molecule has 88 valence electrons. The third-order valence-electron chi connectivity index (χ3n) is 2.89. The van der Waals surface area contributed by atoms with Gasteiger partial charge in [-0.25, -0.2) is 0 Å². The molecule has 1 aromatic rings. The molecule has 0 atom stereocenters. The standard InChI is InChI=1S/C14H15NO2/c1-3-6-10(16)9-13-11-7-4-5-8-12(11)14(17)15(13)2/h4-5,7-9H,3,6H2,1-2H3/b13-9-. The summed E-state index contributed by atoms with van der Waals surface area (Å²) >= 11 is 0. The Morgan fingerprint density at radius 3 is 2.59 bits per heavy atom. The molecule has 2 rings (SSSR count).